The monoisotopic (exact) mass is 353 g/mol. The number of nitrogens with zero attached hydrogens (tertiary/aromatic N) is 1. The van der Waals surface area contributed by atoms with Gasteiger partial charge in [-0.2, -0.15) is 0 Å². The highest BCUT2D eigenvalue weighted by molar-refractivity contribution is 14.1. The predicted octanol–water partition coefficient (Wildman–Crippen LogP) is 4.16. The standard InChI is InChI=1S/C10H6Cl2INO/c1-4-2-5(11)8-6(12)3-7(13)10(15)9(8)14-4/h2-3,15H,1H3. The van der Waals surface area contributed by atoms with E-state index in [1.165, 1.54) is 0 Å². The zero-order valence-electron chi connectivity index (χ0n) is 7.68. The van der Waals surface area contributed by atoms with Crippen LogP contribution in [0.4, 0.5) is 0 Å². The number of halogens is 3. The first-order valence-corrected chi connectivity index (χ1v) is 5.98. The van der Waals surface area contributed by atoms with Crippen LogP contribution < -0.4 is 0 Å². The maximum Gasteiger partial charge on any atom is 0.155 e. The van der Waals surface area contributed by atoms with Crippen LogP contribution >= 0.6 is 45.8 Å². The first-order valence-electron chi connectivity index (χ1n) is 4.14. The van der Waals surface area contributed by atoms with Crippen LogP contribution in [0, 0.1) is 10.5 Å². The van der Waals surface area contributed by atoms with Gasteiger partial charge in [0.2, 0.25) is 0 Å². The van der Waals surface area contributed by atoms with Crippen molar-refractivity contribution in [2.45, 2.75) is 6.92 Å². The summed E-state index contributed by atoms with van der Waals surface area (Å²) in [6.45, 7) is 1.82. The van der Waals surface area contributed by atoms with Crippen LogP contribution in [0.15, 0.2) is 12.1 Å². The molecule has 2 rings (SSSR count). The average Bonchev–Trinajstić information content (AvgIpc) is 2.12. The van der Waals surface area contributed by atoms with Gasteiger partial charge >= 0.3 is 0 Å². The molecule has 0 fully saturated rings. The molecule has 0 atom stereocenters. The SMILES string of the molecule is Cc1cc(Cl)c2c(Cl)cc(I)c(O)c2n1. The lowest BCUT2D eigenvalue weighted by Gasteiger charge is -2.07. The van der Waals surface area contributed by atoms with E-state index in [9.17, 15) is 5.11 Å². The fourth-order valence-electron chi connectivity index (χ4n) is 1.40. The second-order valence-electron chi connectivity index (χ2n) is 3.16. The van der Waals surface area contributed by atoms with Crippen molar-refractivity contribution < 1.29 is 5.11 Å². The zero-order valence-corrected chi connectivity index (χ0v) is 11.4. The Bertz CT molecular complexity index is 549. The molecule has 1 aromatic heterocycles. The Balaban J connectivity index is 3.02. The van der Waals surface area contributed by atoms with Gasteiger partial charge in [-0.3, -0.25) is 0 Å². The summed E-state index contributed by atoms with van der Waals surface area (Å²) in [5.41, 5.74) is 1.21. The van der Waals surface area contributed by atoms with E-state index in [2.05, 4.69) is 4.98 Å². The molecule has 0 radical (unpaired) electrons. The molecule has 5 heteroatoms. The Hall–Kier alpha value is -0.260. The van der Waals surface area contributed by atoms with Crippen LogP contribution in [0.25, 0.3) is 10.9 Å². The smallest absolute Gasteiger partial charge is 0.155 e. The third-order valence-electron chi connectivity index (χ3n) is 2.04. The van der Waals surface area contributed by atoms with Crippen molar-refractivity contribution in [3.63, 3.8) is 0 Å². The van der Waals surface area contributed by atoms with Gasteiger partial charge in [0.25, 0.3) is 0 Å². The lowest BCUT2D eigenvalue weighted by atomic mass is 10.2. The minimum Gasteiger partial charge on any atom is -0.505 e. The van der Waals surface area contributed by atoms with Gasteiger partial charge in [0.05, 0.1) is 13.6 Å². The number of hydrogen-bond acceptors (Lipinski definition) is 2. The summed E-state index contributed by atoms with van der Waals surface area (Å²) in [5, 5.41) is 11.5. The van der Waals surface area contributed by atoms with Gasteiger partial charge in [-0.15, -0.1) is 0 Å². The van der Waals surface area contributed by atoms with Crippen molar-refractivity contribution in [2.75, 3.05) is 0 Å². The number of rotatable bonds is 0. The summed E-state index contributed by atoms with van der Waals surface area (Å²) in [6, 6.07) is 3.39. The van der Waals surface area contributed by atoms with E-state index in [-0.39, 0.29) is 5.75 Å². The molecule has 1 aromatic carbocycles. The largest absolute Gasteiger partial charge is 0.505 e. The van der Waals surface area contributed by atoms with Crippen LogP contribution in [0.2, 0.25) is 10.0 Å². The van der Waals surface area contributed by atoms with Gasteiger partial charge in [0, 0.05) is 11.1 Å². The van der Waals surface area contributed by atoms with Gasteiger partial charge in [-0.25, -0.2) is 4.98 Å². The topological polar surface area (TPSA) is 33.1 Å². The van der Waals surface area contributed by atoms with E-state index in [0.717, 1.165) is 5.69 Å². The molecule has 0 aliphatic rings. The van der Waals surface area contributed by atoms with Gasteiger partial charge in [0.1, 0.15) is 5.52 Å². The number of aromatic hydroxyl groups is 1. The highest BCUT2D eigenvalue weighted by Crippen LogP contribution is 2.37. The first-order chi connectivity index (χ1) is 7.00. The summed E-state index contributed by atoms with van der Waals surface area (Å²) in [4.78, 5) is 4.23. The van der Waals surface area contributed by atoms with Crippen LogP contribution in [-0.4, -0.2) is 10.1 Å². The first kappa shape index (κ1) is 11.2. The molecular formula is C10H6Cl2INO. The van der Waals surface area contributed by atoms with Gasteiger partial charge in [-0.1, -0.05) is 23.2 Å². The minimum absolute atomic E-state index is 0.126. The summed E-state index contributed by atoms with van der Waals surface area (Å²) in [6.07, 6.45) is 0. The highest BCUT2D eigenvalue weighted by atomic mass is 127. The molecule has 0 saturated heterocycles. The molecule has 0 aliphatic carbocycles. The second-order valence-corrected chi connectivity index (χ2v) is 5.13. The minimum atomic E-state index is 0.126. The molecule has 15 heavy (non-hydrogen) atoms. The molecule has 0 saturated carbocycles. The maximum atomic E-state index is 9.84. The van der Waals surface area contributed by atoms with Crippen LogP contribution in [0.1, 0.15) is 5.69 Å². The van der Waals surface area contributed by atoms with E-state index in [1.54, 1.807) is 12.1 Å². The molecule has 2 aromatic rings. The average molecular weight is 354 g/mol. The molecule has 2 nitrogen and oxygen atoms in total. The lowest BCUT2D eigenvalue weighted by Crippen LogP contribution is -1.88. The molecule has 78 valence electrons. The molecule has 0 amide bonds. The van der Waals surface area contributed by atoms with E-state index in [0.29, 0.717) is 24.5 Å². The summed E-state index contributed by atoms with van der Waals surface area (Å²) in [7, 11) is 0. The highest BCUT2D eigenvalue weighted by Gasteiger charge is 2.13. The van der Waals surface area contributed by atoms with Crippen molar-refractivity contribution in [3.05, 3.63) is 31.4 Å². The van der Waals surface area contributed by atoms with Crippen molar-refractivity contribution >= 4 is 56.7 Å². The number of benzene rings is 1. The molecule has 0 bridgehead atoms. The fraction of sp³-hybridized carbons (Fsp3) is 0.100. The third kappa shape index (κ3) is 1.88. The molecule has 0 spiro atoms. The van der Waals surface area contributed by atoms with Crippen LogP contribution in [-0.2, 0) is 0 Å². The van der Waals surface area contributed by atoms with E-state index in [1.807, 2.05) is 29.5 Å². The molecule has 0 unspecified atom stereocenters. The quantitative estimate of drug-likeness (QED) is 0.721. The Labute approximate surface area is 110 Å². The van der Waals surface area contributed by atoms with Gasteiger partial charge in [-0.05, 0) is 41.6 Å². The number of phenols is 1. The van der Waals surface area contributed by atoms with Crippen LogP contribution in [0.3, 0.4) is 0 Å². The van der Waals surface area contributed by atoms with Crippen molar-refractivity contribution in [2.24, 2.45) is 0 Å². The zero-order chi connectivity index (χ0) is 11.2. The Morgan fingerprint density at radius 2 is 1.87 bits per heavy atom. The maximum absolute atomic E-state index is 9.84. The van der Waals surface area contributed by atoms with Crippen molar-refractivity contribution in [1.82, 2.24) is 4.98 Å². The summed E-state index contributed by atoms with van der Waals surface area (Å²) >= 11 is 14.1. The number of hydrogen-bond donors (Lipinski definition) is 1. The molecule has 0 aliphatic heterocycles. The third-order valence-corrected chi connectivity index (χ3v) is 3.46. The molecule has 1 N–H and O–H groups in total. The van der Waals surface area contributed by atoms with Crippen molar-refractivity contribution in [3.8, 4) is 5.75 Å². The predicted molar refractivity (Wildman–Crippen MR) is 70.9 cm³/mol. The second kappa shape index (κ2) is 3.96. The summed E-state index contributed by atoms with van der Waals surface area (Å²) in [5.74, 6) is 0.126. The Morgan fingerprint density at radius 3 is 2.53 bits per heavy atom. The fourth-order valence-corrected chi connectivity index (χ4v) is 2.85. The molecular weight excluding hydrogens is 348 g/mol. The number of aryl methyl sites for hydroxylation is 1. The molecule has 1 heterocycles. The van der Waals surface area contributed by atoms with E-state index in [4.69, 9.17) is 23.2 Å². The van der Waals surface area contributed by atoms with Gasteiger partial charge < -0.3 is 5.11 Å². The Morgan fingerprint density at radius 1 is 1.27 bits per heavy atom. The van der Waals surface area contributed by atoms with Gasteiger partial charge in [0.15, 0.2) is 5.75 Å². The van der Waals surface area contributed by atoms with E-state index >= 15 is 0 Å². The Kier molecular flexibility index (Phi) is 2.96. The van der Waals surface area contributed by atoms with Crippen LogP contribution in [0.5, 0.6) is 5.75 Å². The number of pyridine rings is 1. The number of fused-ring (bicyclic) bond motifs is 1. The normalized spacial score (nSPS) is 10.9. The number of phenolic OH excluding ortho intramolecular Hbond substituents is 1. The number of aromatic nitrogens is 1. The lowest BCUT2D eigenvalue weighted by molar-refractivity contribution is 0.476. The summed E-state index contributed by atoms with van der Waals surface area (Å²) < 4.78 is 0.666. The van der Waals surface area contributed by atoms with E-state index < -0.39 is 0 Å². The van der Waals surface area contributed by atoms with Crippen molar-refractivity contribution in [1.29, 1.82) is 0 Å².